The predicted octanol–water partition coefficient (Wildman–Crippen LogP) is 2.72. The molecular weight excluding hydrogens is 238 g/mol. The number of aryl methyl sites for hydroxylation is 1. The minimum atomic E-state index is -0.00755. The molecule has 1 atom stereocenters. The number of nitrogens with one attached hydrogen (secondary N) is 1. The Balaban J connectivity index is 2.08. The average molecular weight is 261 g/mol. The first-order valence-electron chi connectivity index (χ1n) is 6.96. The third kappa shape index (κ3) is 3.26. The Bertz CT molecular complexity index is 459. The standard InChI is InChI=1S/C15H23N3O/c1-11-5-4-8-18(10-11)15(19)17-14-7-3-6-12(2)13(14)9-16/h3,6-7,11H,4-5,8-10,16H2,1-2H3,(H,17,19). The molecule has 3 N–H and O–H groups in total. The van der Waals surface area contributed by atoms with Crippen LogP contribution >= 0.6 is 0 Å². The fraction of sp³-hybridized carbons (Fsp3) is 0.533. The van der Waals surface area contributed by atoms with Crippen LogP contribution < -0.4 is 11.1 Å². The van der Waals surface area contributed by atoms with Gasteiger partial charge >= 0.3 is 6.03 Å². The van der Waals surface area contributed by atoms with Crippen LogP contribution in [-0.2, 0) is 6.54 Å². The summed E-state index contributed by atoms with van der Waals surface area (Å²) >= 11 is 0. The summed E-state index contributed by atoms with van der Waals surface area (Å²) < 4.78 is 0. The number of anilines is 1. The number of rotatable bonds is 2. The van der Waals surface area contributed by atoms with Crippen molar-refractivity contribution in [3.05, 3.63) is 29.3 Å². The van der Waals surface area contributed by atoms with E-state index in [-0.39, 0.29) is 6.03 Å². The van der Waals surface area contributed by atoms with E-state index in [9.17, 15) is 4.79 Å². The van der Waals surface area contributed by atoms with Crippen molar-refractivity contribution >= 4 is 11.7 Å². The number of benzene rings is 1. The highest BCUT2D eigenvalue weighted by Crippen LogP contribution is 2.21. The molecule has 2 rings (SSSR count). The van der Waals surface area contributed by atoms with E-state index in [0.29, 0.717) is 12.5 Å². The number of piperidine rings is 1. The van der Waals surface area contributed by atoms with Crippen molar-refractivity contribution in [3.8, 4) is 0 Å². The number of amides is 2. The highest BCUT2D eigenvalue weighted by molar-refractivity contribution is 5.90. The van der Waals surface area contributed by atoms with Gasteiger partial charge < -0.3 is 16.0 Å². The Morgan fingerprint density at radius 1 is 1.53 bits per heavy atom. The van der Waals surface area contributed by atoms with E-state index >= 15 is 0 Å². The molecule has 0 radical (unpaired) electrons. The van der Waals surface area contributed by atoms with Crippen molar-refractivity contribution in [3.63, 3.8) is 0 Å². The molecule has 104 valence electrons. The van der Waals surface area contributed by atoms with Crippen LogP contribution in [0.4, 0.5) is 10.5 Å². The molecule has 0 aromatic heterocycles. The van der Waals surface area contributed by atoms with Gasteiger partial charge in [-0.1, -0.05) is 19.1 Å². The summed E-state index contributed by atoms with van der Waals surface area (Å²) in [5.41, 5.74) is 8.73. The number of hydrogen-bond acceptors (Lipinski definition) is 2. The van der Waals surface area contributed by atoms with Crippen molar-refractivity contribution in [1.29, 1.82) is 0 Å². The molecular formula is C15H23N3O. The molecule has 1 unspecified atom stereocenters. The van der Waals surface area contributed by atoms with E-state index < -0.39 is 0 Å². The molecule has 4 heteroatoms. The molecule has 0 bridgehead atoms. The summed E-state index contributed by atoms with van der Waals surface area (Å²) in [5, 5.41) is 3.00. The number of urea groups is 1. The van der Waals surface area contributed by atoms with Crippen LogP contribution in [0.2, 0.25) is 0 Å². The molecule has 2 amide bonds. The molecule has 1 aromatic rings. The van der Waals surface area contributed by atoms with Crippen LogP contribution in [0.1, 0.15) is 30.9 Å². The van der Waals surface area contributed by atoms with Gasteiger partial charge in [0, 0.05) is 25.3 Å². The van der Waals surface area contributed by atoms with Gasteiger partial charge in [-0.3, -0.25) is 0 Å². The zero-order valence-electron chi connectivity index (χ0n) is 11.8. The molecule has 0 aliphatic carbocycles. The minimum absolute atomic E-state index is 0.00755. The maximum Gasteiger partial charge on any atom is 0.321 e. The fourth-order valence-corrected chi connectivity index (χ4v) is 2.66. The second-order valence-corrected chi connectivity index (χ2v) is 5.43. The molecule has 1 aliphatic heterocycles. The summed E-state index contributed by atoms with van der Waals surface area (Å²) in [4.78, 5) is 14.2. The van der Waals surface area contributed by atoms with E-state index in [2.05, 4.69) is 12.2 Å². The van der Waals surface area contributed by atoms with Crippen LogP contribution in [-0.4, -0.2) is 24.0 Å². The third-order valence-electron chi connectivity index (χ3n) is 3.80. The summed E-state index contributed by atoms with van der Waals surface area (Å²) in [6.45, 7) is 6.34. The Kier molecular flexibility index (Phi) is 4.43. The SMILES string of the molecule is Cc1cccc(NC(=O)N2CCCC(C)C2)c1CN. The number of nitrogens with two attached hydrogens (primary N) is 1. The summed E-state index contributed by atoms with van der Waals surface area (Å²) in [5.74, 6) is 0.589. The zero-order valence-corrected chi connectivity index (χ0v) is 11.8. The Labute approximate surface area is 115 Å². The smallest absolute Gasteiger partial charge is 0.321 e. The lowest BCUT2D eigenvalue weighted by Crippen LogP contribution is -2.41. The van der Waals surface area contributed by atoms with Gasteiger partial charge in [0.1, 0.15) is 0 Å². The van der Waals surface area contributed by atoms with E-state index in [1.54, 1.807) is 0 Å². The van der Waals surface area contributed by atoms with Gasteiger partial charge in [0.25, 0.3) is 0 Å². The Morgan fingerprint density at radius 2 is 2.32 bits per heavy atom. The average Bonchev–Trinajstić information content (AvgIpc) is 2.39. The Morgan fingerprint density at radius 3 is 3.00 bits per heavy atom. The number of nitrogens with zero attached hydrogens (tertiary/aromatic N) is 1. The number of likely N-dealkylation sites (tertiary alicyclic amines) is 1. The lowest BCUT2D eigenvalue weighted by molar-refractivity contribution is 0.182. The van der Waals surface area contributed by atoms with Crippen molar-refractivity contribution in [2.75, 3.05) is 18.4 Å². The van der Waals surface area contributed by atoms with Crippen molar-refractivity contribution < 1.29 is 4.79 Å². The molecule has 1 aliphatic rings. The molecule has 1 fully saturated rings. The first-order chi connectivity index (χ1) is 9.11. The van der Waals surface area contributed by atoms with E-state index in [1.165, 1.54) is 6.42 Å². The molecule has 1 heterocycles. The van der Waals surface area contributed by atoms with Crippen LogP contribution in [0.5, 0.6) is 0 Å². The lowest BCUT2D eigenvalue weighted by Gasteiger charge is -2.31. The number of carbonyl (C=O) groups is 1. The fourth-order valence-electron chi connectivity index (χ4n) is 2.66. The largest absolute Gasteiger partial charge is 0.326 e. The topological polar surface area (TPSA) is 58.4 Å². The summed E-state index contributed by atoms with van der Waals surface area (Å²) in [6.07, 6.45) is 2.30. The van der Waals surface area contributed by atoms with Gasteiger partial charge in [0.2, 0.25) is 0 Å². The first-order valence-corrected chi connectivity index (χ1v) is 6.96. The van der Waals surface area contributed by atoms with Crippen LogP contribution in [0.3, 0.4) is 0 Å². The highest BCUT2D eigenvalue weighted by atomic mass is 16.2. The van der Waals surface area contributed by atoms with Gasteiger partial charge in [-0.25, -0.2) is 4.79 Å². The first kappa shape index (κ1) is 13.9. The van der Waals surface area contributed by atoms with Crippen molar-refractivity contribution in [2.45, 2.75) is 33.2 Å². The molecule has 0 spiro atoms. The Hall–Kier alpha value is -1.55. The molecule has 19 heavy (non-hydrogen) atoms. The van der Waals surface area contributed by atoms with Gasteiger partial charge in [0.15, 0.2) is 0 Å². The van der Waals surface area contributed by atoms with Crippen molar-refractivity contribution in [1.82, 2.24) is 4.90 Å². The number of carbonyl (C=O) groups excluding carboxylic acids is 1. The van der Waals surface area contributed by atoms with Gasteiger partial charge in [0.05, 0.1) is 0 Å². The molecule has 1 saturated heterocycles. The number of hydrogen-bond donors (Lipinski definition) is 2. The maximum absolute atomic E-state index is 12.3. The quantitative estimate of drug-likeness (QED) is 0.860. The van der Waals surface area contributed by atoms with Gasteiger partial charge in [-0.05, 0) is 42.9 Å². The third-order valence-corrected chi connectivity index (χ3v) is 3.80. The molecule has 4 nitrogen and oxygen atoms in total. The van der Waals surface area contributed by atoms with E-state index in [1.807, 2.05) is 30.0 Å². The summed E-state index contributed by atoms with van der Waals surface area (Å²) in [7, 11) is 0. The summed E-state index contributed by atoms with van der Waals surface area (Å²) in [6, 6.07) is 5.87. The second-order valence-electron chi connectivity index (χ2n) is 5.43. The van der Waals surface area contributed by atoms with Gasteiger partial charge in [-0.15, -0.1) is 0 Å². The van der Waals surface area contributed by atoms with E-state index in [0.717, 1.165) is 36.3 Å². The maximum atomic E-state index is 12.3. The normalized spacial score (nSPS) is 19.3. The molecule has 0 saturated carbocycles. The van der Waals surface area contributed by atoms with Crippen molar-refractivity contribution in [2.24, 2.45) is 11.7 Å². The van der Waals surface area contributed by atoms with Crippen LogP contribution in [0.25, 0.3) is 0 Å². The lowest BCUT2D eigenvalue weighted by atomic mass is 10.0. The second kappa shape index (κ2) is 6.06. The van der Waals surface area contributed by atoms with Gasteiger partial charge in [-0.2, -0.15) is 0 Å². The zero-order chi connectivity index (χ0) is 13.8. The highest BCUT2D eigenvalue weighted by Gasteiger charge is 2.21. The monoisotopic (exact) mass is 261 g/mol. The van der Waals surface area contributed by atoms with Crippen LogP contribution in [0.15, 0.2) is 18.2 Å². The molecule has 1 aromatic carbocycles. The minimum Gasteiger partial charge on any atom is -0.326 e. The van der Waals surface area contributed by atoms with E-state index in [4.69, 9.17) is 5.73 Å². The van der Waals surface area contributed by atoms with Crippen LogP contribution in [0, 0.1) is 12.8 Å². The predicted molar refractivity (Wildman–Crippen MR) is 78.1 cm³/mol.